The molecule has 6 N–H and O–H groups in total. The summed E-state index contributed by atoms with van der Waals surface area (Å²) in [6.07, 6.45) is -3.55. The van der Waals surface area contributed by atoms with Gasteiger partial charge < -0.3 is 16.8 Å². The number of aromatic nitrogens is 2. The van der Waals surface area contributed by atoms with E-state index in [0.717, 1.165) is 5.32 Å². The van der Waals surface area contributed by atoms with Gasteiger partial charge in [0.2, 0.25) is 0 Å². The lowest BCUT2D eigenvalue weighted by Gasteiger charge is -2.11. The molecule has 0 saturated carbocycles. The fourth-order valence-corrected chi connectivity index (χ4v) is 1.75. The number of carbonyl (C=O) groups excluding carboxylic acids is 2. The molecule has 0 aliphatic carbocycles. The molecule has 0 aliphatic rings. The SMILES string of the molecule is NC(=O)c1ncn(-c2ccc(NC(=O)NC(F)(F)F)cc2)c1N. The van der Waals surface area contributed by atoms with Crippen LogP contribution in [0.3, 0.4) is 0 Å². The van der Waals surface area contributed by atoms with Gasteiger partial charge in [-0.1, -0.05) is 0 Å². The van der Waals surface area contributed by atoms with E-state index in [1.165, 1.54) is 35.2 Å². The number of alkyl halides is 3. The van der Waals surface area contributed by atoms with E-state index in [-0.39, 0.29) is 17.2 Å². The van der Waals surface area contributed by atoms with Crippen molar-refractivity contribution < 1.29 is 22.8 Å². The van der Waals surface area contributed by atoms with Gasteiger partial charge in [0.1, 0.15) is 12.1 Å². The van der Waals surface area contributed by atoms with Crippen molar-refractivity contribution in [2.24, 2.45) is 5.73 Å². The van der Waals surface area contributed by atoms with Crippen LogP contribution in [0.25, 0.3) is 5.69 Å². The number of rotatable bonds is 3. The zero-order chi connectivity index (χ0) is 17.2. The molecule has 0 bridgehead atoms. The van der Waals surface area contributed by atoms with Crippen LogP contribution in [-0.2, 0) is 0 Å². The molecular formula is C12H11F3N6O2. The molecule has 0 radical (unpaired) electrons. The van der Waals surface area contributed by atoms with Crippen molar-refractivity contribution in [2.45, 2.75) is 6.30 Å². The van der Waals surface area contributed by atoms with Gasteiger partial charge in [-0.3, -0.25) is 9.36 Å². The fraction of sp³-hybridized carbons (Fsp3) is 0.0833. The largest absolute Gasteiger partial charge is 0.485 e. The second-order valence-corrected chi connectivity index (χ2v) is 4.34. The molecule has 122 valence electrons. The Hall–Kier alpha value is -3.24. The predicted molar refractivity (Wildman–Crippen MR) is 74.7 cm³/mol. The average Bonchev–Trinajstić information content (AvgIpc) is 2.79. The number of nitrogen functional groups attached to an aromatic ring is 1. The zero-order valence-corrected chi connectivity index (χ0v) is 11.4. The van der Waals surface area contributed by atoms with Crippen LogP contribution in [0, 0.1) is 0 Å². The molecule has 3 amide bonds. The molecule has 23 heavy (non-hydrogen) atoms. The van der Waals surface area contributed by atoms with E-state index in [4.69, 9.17) is 11.5 Å². The fourth-order valence-electron chi connectivity index (χ4n) is 1.75. The number of carbonyl (C=O) groups is 2. The maximum Gasteiger partial charge on any atom is 0.485 e. The van der Waals surface area contributed by atoms with Crippen molar-refractivity contribution in [3.8, 4) is 5.69 Å². The minimum absolute atomic E-state index is 0.0213. The Labute approximate surface area is 127 Å². The van der Waals surface area contributed by atoms with Gasteiger partial charge in [0.15, 0.2) is 5.69 Å². The molecule has 0 aliphatic heterocycles. The molecule has 2 rings (SSSR count). The number of nitrogens with one attached hydrogen (secondary N) is 2. The van der Waals surface area contributed by atoms with Gasteiger partial charge in [0.25, 0.3) is 5.91 Å². The van der Waals surface area contributed by atoms with E-state index in [2.05, 4.69) is 4.98 Å². The van der Waals surface area contributed by atoms with Crippen LogP contribution in [0.15, 0.2) is 30.6 Å². The van der Waals surface area contributed by atoms with Crippen LogP contribution in [0.2, 0.25) is 0 Å². The summed E-state index contributed by atoms with van der Waals surface area (Å²) in [5, 5.41) is 2.82. The van der Waals surface area contributed by atoms with Crippen LogP contribution >= 0.6 is 0 Å². The van der Waals surface area contributed by atoms with E-state index in [9.17, 15) is 22.8 Å². The van der Waals surface area contributed by atoms with E-state index in [1.807, 2.05) is 5.32 Å². The van der Waals surface area contributed by atoms with Gasteiger partial charge in [-0.05, 0) is 24.3 Å². The Morgan fingerprint density at radius 3 is 2.26 bits per heavy atom. The molecule has 8 nitrogen and oxygen atoms in total. The summed E-state index contributed by atoms with van der Waals surface area (Å²) in [4.78, 5) is 25.9. The van der Waals surface area contributed by atoms with Crippen molar-refractivity contribution >= 4 is 23.4 Å². The van der Waals surface area contributed by atoms with Crippen molar-refractivity contribution in [3.63, 3.8) is 0 Å². The predicted octanol–water partition coefficient (Wildman–Crippen LogP) is 1.19. The van der Waals surface area contributed by atoms with Gasteiger partial charge in [-0.15, -0.1) is 0 Å². The summed E-state index contributed by atoms with van der Waals surface area (Å²) < 4.78 is 37.3. The summed E-state index contributed by atoms with van der Waals surface area (Å²) in [5.41, 5.74) is 11.3. The minimum atomic E-state index is -4.82. The number of hydrogen-bond donors (Lipinski definition) is 4. The highest BCUT2D eigenvalue weighted by atomic mass is 19.4. The van der Waals surface area contributed by atoms with Crippen molar-refractivity contribution in [3.05, 3.63) is 36.3 Å². The maximum absolute atomic E-state index is 12.0. The monoisotopic (exact) mass is 328 g/mol. The first-order valence-corrected chi connectivity index (χ1v) is 6.06. The standard InChI is InChI=1S/C12H11F3N6O2/c13-12(14,15)20-11(23)19-6-1-3-7(4-2-6)21-5-18-8(9(21)16)10(17)22/h1-5H,16H2,(H2,17,22)(H2,19,20,23). The lowest BCUT2D eigenvalue weighted by Crippen LogP contribution is -2.40. The number of nitrogens with two attached hydrogens (primary N) is 2. The smallest absolute Gasteiger partial charge is 0.383 e. The number of hydrogen-bond acceptors (Lipinski definition) is 4. The van der Waals surface area contributed by atoms with Gasteiger partial charge in [-0.25, -0.2) is 15.1 Å². The summed E-state index contributed by atoms with van der Waals surface area (Å²) in [6, 6.07) is 4.23. The highest BCUT2D eigenvalue weighted by Crippen LogP contribution is 2.19. The third kappa shape index (κ3) is 3.90. The lowest BCUT2D eigenvalue weighted by atomic mass is 10.2. The molecule has 0 spiro atoms. The topological polar surface area (TPSA) is 128 Å². The van der Waals surface area contributed by atoms with Gasteiger partial charge >= 0.3 is 12.3 Å². The lowest BCUT2D eigenvalue weighted by molar-refractivity contribution is -0.144. The van der Waals surface area contributed by atoms with Gasteiger partial charge in [0.05, 0.1) is 0 Å². The highest BCUT2D eigenvalue weighted by molar-refractivity contribution is 5.95. The van der Waals surface area contributed by atoms with Crippen LogP contribution in [0.4, 0.5) is 29.5 Å². The van der Waals surface area contributed by atoms with Crippen molar-refractivity contribution in [1.29, 1.82) is 0 Å². The summed E-state index contributed by atoms with van der Waals surface area (Å²) in [6.45, 7) is 0. The number of halogens is 3. The molecule has 1 aromatic carbocycles. The normalized spacial score (nSPS) is 11.1. The maximum atomic E-state index is 12.0. The molecule has 0 atom stereocenters. The molecule has 0 unspecified atom stereocenters. The average molecular weight is 328 g/mol. The Balaban J connectivity index is 2.14. The molecule has 0 fully saturated rings. The number of nitrogens with zero attached hydrogens (tertiary/aromatic N) is 2. The number of urea groups is 1. The first-order valence-electron chi connectivity index (χ1n) is 6.06. The van der Waals surface area contributed by atoms with Crippen LogP contribution < -0.4 is 22.1 Å². The molecule has 1 heterocycles. The first-order chi connectivity index (χ1) is 10.7. The van der Waals surface area contributed by atoms with E-state index < -0.39 is 18.2 Å². The minimum Gasteiger partial charge on any atom is -0.383 e. The third-order valence-corrected chi connectivity index (χ3v) is 2.70. The molecule has 11 heteroatoms. The number of amides is 3. The van der Waals surface area contributed by atoms with Crippen molar-refractivity contribution in [2.75, 3.05) is 11.1 Å². The van der Waals surface area contributed by atoms with E-state index >= 15 is 0 Å². The Morgan fingerprint density at radius 2 is 1.78 bits per heavy atom. The second-order valence-electron chi connectivity index (χ2n) is 4.34. The number of imidazole rings is 1. The highest BCUT2D eigenvalue weighted by Gasteiger charge is 2.29. The molecule has 2 aromatic rings. The van der Waals surface area contributed by atoms with Crippen LogP contribution in [0.5, 0.6) is 0 Å². The number of benzene rings is 1. The molecule has 1 aromatic heterocycles. The second kappa shape index (κ2) is 5.87. The summed E-state index contributed by atoms with van der Waals surface area (Å²) in [7, 11) is 0. The van der Waals surface area contributed by atoms with E-state index in [1.54, 1.807) is 0 Å². The van der Waals surface area contributed by atoms with Crippen LogP contribution in [0.1, 0.15) is 10.5 Å². The summed E-state index contributed by atoms with van der Waals surface area (Å²) >= 11 is 0. The number of primary amides is 1. The molecule has 0 saturated heterocycles. The van der Waals surface area contributed by atoms with Crippen LogP contribution in [-0.4, -0.2) is 27.8 Å². The Morgan fingerprint density at radius 1 is 1.17 bits per heavy atom. The van der Waals surface area contributed by atoms with Crippen molar-refractivity contribution in [1.82, 2.24) is 14.9 Å². The van der Waals surface area contributed by atoms with E-state index in [0.29, 0.717) is 5.69 Å². The van der Waals surface area contributed by atoms with Gasteiger partial charge in [0, 0.05) is 11.4 Å². The summed E-state index contributed by atoms with van der Waals surface area (Å²) in [5.74, 6) is -0.767. The third-order valence-electron chi connectivity index (χ3n) is 2.70. The Bertz CT molecular complexity index is 738. The number of anilines is 2. The Kier molecular flexibility index (Phi) is 4.12. The van der Waals surface area contributed by atoms with Gasteiger partial charge in [-0.2, -0.15) is 13.2 Å². The first kappa shape index (κ1) is 16.1. The molecular weight excluding hydrogens is 317 g/mol. The zero-order valence-electron chi connectivity index (χ0n) is 11.4. The quantitative estimate of drug-likeness (QED) is 0.631.